The highest BCUT2D eigenvalue weighted by molar-refractivity contribution is 9.10. The van der Waals surface area contributed by atoms with Crippen LogP contribution in [-0.4, -0.2) is 7.05 Å². The van der Waals surface area contributed by atoms with Crippen LogP contribution in [0.3, 0.4) is 0 Å². The third kappa shape index (κ3) is 4.31. The Balaban J connectivity index is 2.25. The van der Waals surface area contributed by atoms with Gasteiger partial charge >= 0.3 is 6.18 Å². The van der Waals surface area contributed by atoms with Gasteiger partial charge in [-0.1, -0.05) is 22.0 Å². The molecule has 1 N–H and O–H groups in total. The van der Waals surface area contributed by atoms with Crippen LogP contribution in [0.15, 0.2) is 39.5 Å². The van der Waals surface area contributed by atoms with Crippen molar-refractivity contribution in [1.82, 2.24) is 5.32 Å². The van der Waals surface area contributed by atoms with Gasteiger partial charge in [0.05, 0.1) is 5.56 Å². The number of hydrogen-bond acceptors (Lipinski definition) is 2. The van der Waals surface area contributed by atoms with Crippen LogP contribution in [0.25, 0.3) is 0 Å². The molecule has 21 heavy (non-hydrogen) atoms. The standard InChI is InChI=1S/C15H15BrF3NS/c1-20-14(5-2-10-6-7-21-9-10)12-4-3-11(16)8-13(12)15(17,18)19/h3-4,6-9,14,20H,2,5H2,1H3. The van der Waals surface area contributed by atoms with Crippen molar-refractivity contribution in [1.29, 1.82) is 0 Å². The van der Waals surface area contributed by atoms with E-state index in [1.165, 1.54) is 0 Å². The molecular weight excluding hydrogens is 363 g/mol. The van der Waals surface area contributed by atoms with Gasteiger partial charge in [-0.15, -0.1) is 0 Å². The maximum absolute atomic E-state index is 13.2. The van der Waals surface area contributed by atoms with Gasteiger partial charge in [0.1, 0.15) is 0 Å². The summed E-state index contributed by atoms with van der Waals surface area (Å²) in [5, 5.41) is 7.00. The first kappa shape index (κ1) is 16.5. The largest absolute Gasteiger partial charge is 0.416 e. The molecule has 0 aliphatic heterocycles. The Kier molecular flexibility index (Phi) is 5.46. The van der Waals surface area contributed by atoms with E-state index in [0.29, 0.717) is 16.5 Å². The molecule has 0 aliphatic rings. The number of benzene rings is 1. The summed E-state index contributed by atoms with van der Waals surface area (Å²) in [6.45, 7) is 0. The van der Waals surface area contributed by atoms with Gasteiger partial charge in [-0.25, -0.2) is 0 Å². The lowest BCUT2D eigenvalue weighted by atomic mass is 9.95. The lowest BCUT2D eigenvalue weighted by Gasteiger charge is -2.21. The zero-order chi connectivity index (χ0) is 15.5. The van der Waals surface area contributed by atoms with Crippen molar-refractivity contribution in [2.75, 3.05) is 7.05 Å². The van der Waals surface area contributed by atoms with Crippen molar-refractivity contribution in [2.24, 2.45) is 0 Å². The molecule has 2 aromatic rings. The van der Waals surface area contributed by atoms with Crippen LogP contribution in [0.1, 0.15) is 29.2 Å². The second kappa shape index (κ2) is 6.94. The molecule has 6 heteroatoms. The number of rotatable bonds is 5. The first-order valence-corrected chi connectivity index (χ1v) is 8.20. The second-order valence-electron chi connectivity index (χ2n) is 4.74. The molecular formula is C15H15BrF3NS. The molecule has 0 saturated carbocycles. The number of aryl methyl sites for hydroxylation is 1. The minimum atomic E-state index is -4.35. The summed E-state index contributed by atoms with van der Waals surface area (Å²) in [4.78, 5) is 0. The Morgan fingerprint density at radius 1 is 1.29 bits per heavy atom. The zero-order valence-electron chi connectivity index (χ0n) is 11.4. The van der Waals surface area contributed by atoms with Gasteiger partial charge in [-0.05, 0) is 60.0 Å². The van der Waals surface area contributed by atoms with E-state index < -0.39 is 11.7 Å². The molecule has 0 radical (unpaired) electrons. The summed E-state index contributed by atoms with van der Waals surface area (Å²) < 4.78 is 40.0. The van der Waals surface area contributed by atoms with Crippen molar-refractivity contribution in [3.05, 3.63) is 56.2 Å². The zero-order valence-corrected chi connectivity index (χ0v) is 13.8. The van der Waals surface area contributed by atoms with E-state index in [4.69, 9.17) is 0 Å². The van der Waals surface area contributed by atoms with Crippen LogP contribution in [-0.2, 0) is 12.6 Å². The van der Waals surface area contributed by atoms with Crippen molar-refractivity contribution < 1.29 is 13.2 Å². The SMILES string of the molecule is CNC(CCc1ccsc1)c1ccc(Br)cc1C(F)(F)F. The highest BCUT2D eigenvalue weighted by Crippen LogP contribution is 2.37. The van der Waals surface area contributed by atoms with E-state index in [9.17, 15) is 13.2 Å². The number of halogens is 4. The predicted octanol–water partition coefficient (Wildman–Crippen LogP) is 5.42. The van der Waals surface area contributed by atoms with Crippen molar-refractivity contribution in [3.63, 3.8) is 0 Å². The molecule has 2 rings (SSSR count). The second-order valence-corrected chi connectivity index (χ2v) is 6.44. The van der Waals surface area contributed by atoms with Crippen LogP contribution in [0, 0.1) is 0 Å². The van der Waals surface area contributed by atoms with Crippen LogP contribution < -0.4 is 5.32 Å². The summed E-state index contributed by atoms with van der Waals surface area (Å²) in [5.74, 6) is 0. The Morgan fingerprint density at radius 2 is 2.05 bits per heavy atom. The minimum Gasteiger partial charge on any atom is -0.313 e. The lowest BCUT2D eigenvalue weighted by molar-refractivity contribution is -0.138. The monoisotopic (exact) mass is 377 g/mol. The maximum atomic E-state index is 13.2. The molecule has 1 aromatic heterocycles. The summed E-state index contributed by atoms with van der Waals surface area (Å²) in [5.41, 5.74) is 0.871. The Bertz CT molecular complexity index is 581. The Morgan fingerprint density at radius 3 is 2.62 bits per heavy atom. The summed E-state index contributed by atoms with van der Waals surface area (Å²) in [6, 6.07) is 6.02. The minimum absolute atomic E-state index is 0.295. The molecule has 0 spiro atoms. The third-order valence-corrected chi connectivity index (χ3v) is 4.57. The third-order valence-electron chi connectivity index (χ3n) is 3.35. The van der Waals surface area contributed by atoms with Crippen molar-refractivity contribution >= 4 is 27.3 Å². The lowest BCUT2D eigenvalue weighted by Crippen LogP contribution is -2.21. The highest BCUT2D eigenvalue weighted by Gasteiger charge is 2.35. The van der Waals surface area contributed by atoms with E-state index in [2.05, 4.69) is 21.2 Å². The van der Waals surface area contributed by atoms with Crippen molar-refractivity contribution in [2.45, 2.75) is 25.1 Å². The number of thiophene rings is 1. The van der Waals surface area contributed by atoms with Crippen molar-refractivity contribution in [3.8, 4) is 0 Å². The molecule has 0 fully saturated rings. The molecule has 0 aliphatic carbocycles. The smallest absolute Gasteiger partial charge is 0.313 e. The number of hydrogen-bond donors (Lipinski definition) is 1. The average molecular weight is 378 g/mol. The summed E-state index contributed by atoms with van der Waals surface area (Å²) >= 11 is 4.71. The van der Waals surface area contributed by atoms with E-state index in [1.807, 2.05) is 16.8 Å². The fraction of sp³-hybridized carbons (Fsp3) is 0.333. The molecule has 0 amide bonds. The van der Waals surface area contributed by atoms with Gasteiger partial charge in [0.15, 0.2) is 0 Å². The molecule has 1 unspecified atom stereocenters. The fourth-order valence-corrected chi connectivity index (χ4v) is 3.34. The first-order valence-electron chi connectivity index (χ1n) is 6.47. The van der Waals surface area contributed by atoms with E-state index in [-0.39, 0.29) is 6.04 Å². The van der Waals surface area contributed by atoms with E-state index in [0.717, 1.165) is 18.1 Å². The number of alkyl halides is 3. The van der Waals surface area contributed by atoms with E-state index >= 15 is 0 Å². The van der Waals surface area contributed by atoms with Crippen LogP contribution in [0.5, 0.6) is 0 Å². The highest BCUT2D eigenvalue weighted by atomic mass is 79.9. The quantitative estimate of drug-likeness (QED) is 0.732. The van der Waals surface area contributed by atoms with Crippen LogP contribution in [0.2, 0.25) is 0 Å². The van der Waals surface area contributed by atoms with Gasteiger partial charge in [-0.3, -0.25) is 0 Å². The fourth-order valence-electron chi connectivity index (χ4n) is 2.28. The van der Waals surface area contributed by atoms with Gasteiger partial charge in [0, 0.05) is 10.5 Å². The van der Waals surface area contributed by atoms with Gasteiger partial charge in [-0.2, -0.15) is 24.5 Å². The Labute approximate surface area is 134 Å². The molecule has 1 aromatic carbocycles. The molecule has 0 saturated heterocycles. The first-order chi connectivity index (χ1) is 9.91. The number of nitrogens with one attached hydrogen (secondary N) is 1. The molecule has 1 heterocycles. The molecule has 1 atom stereocenters. The molecule has 1 nitrogen and oxygen atoms in total. The van der Waals surface area contributed by atoms with Crippen LogP contribution in [0.4, 0.5) is 13.2 Å². The summed E-state index contributed by atoms with van der Waals surface area (Å²) in [6.07, 6.45) is -2.98. The summed E-state index contributed by atoms with van der Waals surface area (Å²) in [7, 11) is 1.69. The van der Waals surface area contributed by atoms with E-state index in [1.54, 1.807) is 30.5 Å². The topological polar surface area (TPSA) is 12.0 Å². The maximum Gasteiger partial charge on any atom is 0.416 e. The predicted molar refractivity (Wildman–Crippen MR) is 83.6 cm³/mol. The molecule has 0 bridgehead atoms. The van der Waals surface area contributed by atoms with Gasteiger partial charge < -0.3 is 5.32 Å². The average Bonchev–Trinajstić information content (AvgIpc) is 2.93. The molecule has 114 valence electrons. The van der Waals surface area contributed by atoms with Crippen LogP contribution >= 0.6 is 27.3 Å². The Hall–Kier alpha value is -0.850. The van der Waals surface area contributed by atoms with Gasteiger partial charge in [0.25, 0.3) is 0 Å². The van der Waals surface area contributed by atoms with Gasteiger partial charge in [0.2, 0.25) is 0 Å². The normalized spacial score (nSPS) is 13.4.